The molecule has 0 unspecified atom stereocenters. The van der Waals surface area contributed by atoms with Gasteiger partial charge in [0.2, 0.25) is 0 Å². The zero-order valence-electron chi connectivity index (χ0n) is 14.9. The molecule has 6 heteroatoms. The Hall–Kier alpha value is -1.50. The van der Waals surface area contributed by atoms with Gasteiger partial charge in [0.25, 0.3) is 0 Å². The quantitative estimate of drug-likeness (QED) is 0.819. The predicted octanol–water partition coefficient (Wildman–Crippen LogP) is 3.36. The van der Waals surface area contributed by atoms with Crippen molar-refractivity contribution in [3.05, 3.63) is 40.0 Å². The number of rotatable bonds is 5. The lowest BCUT2D eigenvalue weighted by atomic mass is 10.1. The molecule has 1 aliphatic carbocycles. The van der Waals surface area contributed by atoms with Gasteiger partial charge in [-0.2, -0.15) is 0 Å². The first kappa shape index (κ1) is 16.9. The van der Waals surface area contributed by atoms with Crippen LogP contribution in [0.1, 0.15) is 29.2 Å². The molecule has 2 aliphatic rings. The van der Waals surface area contributed by atoms with Crippen LogP contribution in [0.2, 0.25) is 0 Å². The van der Waals surface area contributed by atoms with E-state index >= 15 is 0 Å². The van der Waals surface area contributed by atoms with Gasteiger partial charge >= 0.3 is 0 Å². The number of aromatic nitrogens is 2. The first-order valence-corrected chi connectivity index (χ1v) is 9.87. The van der Waals surface area contributed by atoms with Crippen LogP contribution >= 0.6 is 11.3 Å². The Kier molecular flexibility index (Phi) is 5.01. The fourth-order valence-electron chi connectivity index (χ4n) is 3.96. The second-order valence-corrected chi connectivity index (χ2v) is 8.08. The third-order valence-electron chi connectivity index (χ3n) is 5.07. The Labute approximate surface area is 153 Å². The topological polar surface area (TPSA) is 47.5 Å². The molecule has 0 aromatic carbocycles. The van der Waals surface area contributed by atoms with Gasteiger partial charge in [-0.3, -0.25) is 0 Å². The third-order valence-corrected chi connectivity index (χ3v) is 5.89. The highest BCUT2D eigenvalue weighted by Crippen LogP contribution is 2.36. The Morgan fingerprint density at radius 3 is 3.00 bits per heavy atom. The highest BCUT2D eigenvalue weighted by atomic mass is 32.1. The summed E-state index contributed by atoms with van der Waals surface area (Å²) >= 11 is 1.68. The highest BCUT2D eigenvalue weighted by molar-refractivity contribution is 7.09. The molecule has 0 N–H and O–H groups in total. The Bertz CT molecular complexity index is 720. The Morgan fingerprint density at radius 1 is 1.28 bits per heavy atom. The largest absolute Gasteiger partial charge is 0.375 e. The first-order chi connectivity index (χ1) is 12.2. The molecule has 0 radical (unpaired) electrons. The average molecular weight is 359 g/mol. The van der Waals surface area contributed by atoms with Crippen molar-refractivity contribution in [1.29, 1.82) is 0 Å². The molecule has 0 spiro atoms. The summed E-state index contributed by atoms with van der Waals surface area (Å²) in [6.07, 6.45) is 2.48. The first-order valence-electron chi connectivity index (χ1n) is 8.99. The molecule has 2 aromatic heterocycles. The molecule has 5 nitrogen and oxygen atoms in total. The van der Waals surface area contributed by atoms with Gasteiger partial charge in [-0.05, 0) is 44.7 Å². The van der Waals surface area contributed by atoms with Crippen LogP contribution in [0.4, 0.5) is 5.82 Å². The SMILES string of the molecule is Cc1cccc(N2CCO[C@@H]3C[C@H](COCc4csc(C)n4)C[C@H]32)n1. The van der Waals surface area contributed by atoms with Crippen molar-refractivity contribution >= 4 is 17.2 Å². The highest BCUT2D eigenvalue weighted by Gasteiger charge is 2.41. The minimum atomic E-state index is 0.297. The van der Waals surface area contributed by atoms with Crippen LogP contribution < -0.4 is 4.90 Å². The maximum Gasteiger partial charge on any atom is 0.129 e. The van der Waals surface area contributed by atoms with E-state index in [1.165, 1.54) is 0 Å². The van der Waals surface area contributed by atoms with Gasteiger partial charge in [0.1, 0.15) is 5.82 Å². The van der Waals surface area contributed by atoms with Gasteiger partial charge in [0.05, 0.1) is 42.7 Å². The molecule has 4 rings (SSSR count). The van der Waals surface area contributed by atoms with Gasteiger partial charge in [0, 0.05) is 17.6 Å². The minimum Gasteiger partial charge on any atom is -0.375 e. The summed E-state index contributed by atoms with van der Waals surface area (Å²) in [4.78, 5) is 11.6. The summed E-state index contributed by atoms with van der Waals surface area (Å²) in [7, 11) is 0. The van der Waals surface area contributed by atoms with E-state index in [-0.39, 0.29) is 0 Å². The lowest BCUT2D eigenvalue weighted by molar-refractivity contribution is 0.0202. The van der Waals surface area contributed by atoms with E-state index in [1.807, 2.05) is 19.9 Å². The molecule has 2 fully saturated rings. The van der Waals surface area contributed by atoms with Crippen molar-refractivity contribution in [3.8, 4) is 0 Å². The summed E-state index contributed by atoms with van der Waals surface area (Å²) < 4.78 is 12.0. The summed E-state index contributed by atoms with van der Waals surface area (Å²) in [6, 6.07) is 6.67. The second kappa shape index (κ2) is 7.40. The zero-order valence-corrected chi connectivity index (χ0v) is 15.7. The van der Waals surface area contributed by atoms with Crippen molar-refractivity contribution < 1.29 is 9.47 Å². The van der Waals surface area contributed by atoms with Crippen molar-refractivity contribution in [1.82, 2.24) is 9.97 Å². The van der Waals surface area contributed by atoms with E-state index in [1.54, 1.807) is 11.3 Å². The molecule has 2 aromatic rings. The van der Waals surface area contributed by atoms with E-state index in [2.05, 4.69) is 27.4 Å². The summed E-state index contributed by atoms with van der Waals surface area (Å²) in [5.74, 6) is 1.62. The molecule has 1 saturated heterocycles. The van der Waals surface area contributed by atoms with E-state index in [0.29, 0.717) is 24.7 Å². The molecule has 1 aliphatic heterocycles. The maximum absolute atomic E-state index is 6.05. The molecule has 3 heterocycles. The number of nitrogens with zero attached hydrogens (tertiary/aromatic N) is 3. The molecule has 0 amide bonds. The van der Waals surface area contributed by atoms with Crippen molar-refractivity contribution in [3.63, 3.8) is 0 Å². The van der Waals surface area contributed by atoms with Crippen LogP contribution in [0.3, 0.4) is 0 Å². The number of fused-ring (bicyclic) bond motifs is 1. The van der Waals surface area contributed by atoms with Crippen LogP contribution in [-0.4, -0.2) is 41.9 Å². The van der Waals surface area contributed by atoms with Gasteiger partial charge in [-0.25, -0.2) is 9.97 Å². The lowest BCUT2D eigenvalue weighted by Crippen LogP contribution is -2.49. The molecule has 134 valence electrons. The molecule has 1 saturated carbocycles. The fraction of sp³-hybridized carbons (Fsp3) is 0.579. The maximum atomic E-state index is 6.05. The Morgan fingerprint density at radius 2 is 2.20 bits per heavy atom. The monoisotopic (exact) mass is 359 g/mol. The van der Waals surface area contributed by atoms with E-state index in [4.69, 9.17) is 14.5 Å². The van der Waals surface area contributed by atoms with Gasteiger partial charge < -0.3 is 14.4 Å². The van der Waals surface area contributed by atoms with Crippen LogP contribution in [0, 0.1) is 19.8 Å². The number of hydrogen-bond donors (Lipinski definition) is 0. The van der Waals surface area contributed by atoms with Crippen molar-refractivity contribution in [2.24, 2.45) is 5.92 Å². The van der Waals surface area contributed by atoms with Gasteiger partial charge in [-0.1, -0.05) is 6.07 Å². The predicted molar refractivity (Wildman–Crippen MR) is 99.1 cm³/mol. The molecular formula is C19H25N3O2S. The molecular weight excluding hydrogens is 334 g/mol. The number of thiazole rings is 1. The Balaban J connectivity index is 1.35. The smallest absolute Gasteiger partial charge is 0.129 e. The van der Waals surface area contributed by atoms with Gasteiger partial charge in [0.15, 0.2) is 0 Å². The van der Waals surface area contributed by atoms with Crippen LogP contribution in [-0.2, 0) is 16.1 Å². The fourth-order valence-corrected chi connectivity index (χ4v) is 4.56. The molecule has 3 atom stereocenters. The third kappa shape index (κ3) is 3.86. The van der Waals surface area contributed by atoms with Crippen LogP contribution in [0.15, 0.2) is 23.6 Å². The number of morpholine rings is 1. The lowest BCUT2D eigenvalue weighted by Gasteiger charge is -2.38. The van der Waals surface area contributed by atoms with Crippen molar-refractivity contribution in [2.75, 3.05) is 24.7 Å². The summed E-state index contributed by atoms with van der Waals surface area (Å²) in [5.41, 5.74) is 2.11. The zero-order chi connectivity index (χ0) is 17.2. The van der Waals surface area contributed by atoms with Crippen LogP contribution in [0.5, 0.6) is 0 Å². The molecule has 0 bridgehead atoms. The number of anilines is 1. The van der Waals surface area contributed by atoms with Gasteiger partial charge in [-0.15, -0.1) is 11.3 Å². The van der Waals surface area contributed by atoms with E-state index in [9.17, 15) is 0 Å². The van der Waals surface area contributed by atoms with Crippen molar-refractivity contribution in [2.45, 2.75) is 45.4 Å². The van der Waals surface area contributed by atoms with E-state index in [0.717, 1.165) is 54.8 Å². The summed E-state index contributed by atoms with van der Waals surface area (Å²) in [5, 5.41) is 3.18. The number of pyridine rings is 1. The number of ether oxygens (including phenoxy) is 2. The average Bonchev–Trinajstić information content (AvgIpc) is 3.20. The number of aryl methyl sites for hydroxylation is 2. The number of hydrogen-bond acceptors (Lipinski definition) is 6. The summed E-state index contributed by atoms with van der Waals surface area (Å²) in [6.45, 7) is 7.17. The molecule has 25 heavy (non-hydrogen) atoms. The van der Waals surface area contributed by atoms with Crippen LogP contribution in [0.25, 0.3) is 0 Å². The van der Waals surface area contributed by atoms with E-state index < -0.39 is 0 Å². The standard InChI is InChI=1S/C19H25N3O2S/c1-13-4-3-5-19(20-13)22-6-7-24-18-9-15(8-17(18)22)10-23-11-16-12-25-14(2)21-16/h3-5,12,15,17-18H,6-11H2,1-2H3/t15-,17-,18-/m1/s1. The normalized spacial score (nSPS) is 26.0. The minimum absolute atomic E-state index is 0.297. The second-order valence-electron chi connectivity index (χ2n) is 7.02.